The number of hydrogen-bond acceptors (Lipinski definition) is 2. The molecule has 0 spiro atoms. The van der Waals surface area contributed by atoms with E-state index in [4.69, 9.17) is 11.1 Å². The maximum Gasteiger partial charge on any atom is 0.270 e. The van der Waals surface area contributed by atoms with E-state index >= 15 is 0 Å². The first-order valence-corrected chi connectivity index (χ1v) is 5.49. The molecule has 0 unspecified atom stereocenters. The Bertz CT molecular complexity index is 420. The van der Waals surface area contributed by atoms with Gasteiger partial charge in [-0.15, -0.1) is 0 Å². The lowest BCUT2D eigenvalue weighted by Gasteiger charge is -1.97. The molecule has 0 saturated carbocycles. The summed E-state index contributed by atoms with van der Waals surface area (Å²) in [7, 11) is -3.14. The van der Waals surface area contributed by atoms with Gasteiger partial charge in [0.25, 0.3) is 5.84 Å². The first-order chi connectivity index (χ1) is 5.91. The molecule has 0 aliphatic carbocycles. The van der Waals surface area contributed by atoms with E-state index in [-0.39, 0.29) is 10.7 Å². The largest absolute Gasteiger partial charge is 0.287 e. The third-order valence-corrected chi connectivity index (χ3v) is 2.74. The molecule has 4 N–H and O–H groups in total. The highest BCUT2D eigenvalue weighted by Gasteiger charge is 2.07. The highest BCUT2D eigenvalue weighted by molar-refractivity contribution is 7.90. The third-order valence-electron chi connectivity index (χ3n) is 1.62. The number of amidine groups is 1. The van der Waals surface area contributed by atoms with Crippen LogP contribution < -0.4 is 11.1 Å². The minimum Gasteiger partial charge on any atom is -0.287 e. The summed E-state index contributed by atoms with van der Waals surface area (Å²) in [6, 6.07) is 6.10. The lowest BCUT2D eigenvalue weighted by molar-refractivity contribution is -0.114. The zero-order chi connectivity index (χ0) is 10.1. The van der Waals surface area contributed by atoms with Crippen LogP contribution in [0.4, 0.5) is 0 Å². The Morgan fingerprint density at radius 1 is 1.31 bits per heavy atom. The Morgan fingerprint density at radius 2 is 1.77 bits per heavy atom. The second-order valence-corrected chi connectivity index (χ2v) is 4.77. The van der Waals surface area contributed by atoms with Gasteiger partial charge in [-0.1, -0.05) is 0 Å². The van der Waals surface area contributed by atoms with Crippen molar-refractivity contribution in [2.75, 3.05) is 6.26 Å². The van der Waals surface area contributed by atoms with Gasteiger partial charge in [-0.2, -0.15) is 0 Å². The molecular formula is C8H11N2O2S+. The smallest absolute Gasteiger partial charge is 0.270 e. The first kappa shape index (κ1) is 9.73. The average Bonchev–Trinajstić information content (AvgIpc) is 2.03. The summed E-state index contributed by atoms with van der Waals surface area (Å²) in [5.74, 6) is 0.181. The molecule has 0 fully saturated rings. The standard InChI is InChI=1S/C8H10N2O2S/c1-13(11,12)7-4-2-6(3-5-7)8(9)10/h2-5H,1H3,(H3,9,10)/p+1. The van der Waals surface area contributed by atoms with E-state index in [1.54, 1.807) is 12.1 Å². The van der Waals surface area contributed by atoms with Crippen molar-refractivity contribution < 1.29 is 13.8 Å². The predicted molar refractivity (Wildman–Crippen MR) is 49.8 cm³/mol. The van der Waals surface area contributed by atoms with Gasteiger partial charge in [0.05, 0.1) is 10.5 Å². The number of rotatable bonds is 2. The van der Waals surface area contributed by atoms with Crippen molar-refractivity contribution in [2.24, 2.45) is 5.73 Å². The van der Waals surface area contributed by atoms with E-state index in [1.807, 2.05) is 0 Å². The van der Waals surface area contributed by atoms with Crippen LogP contribution >= 0.6 is 0 Å². The molecule has 0 radical (unpaired) electrons. The summed E-state index contributed by atoms with van der Waals surface area (Å²) >= 11 is 0. The summed E-state index contributed by atoms with van der Waals surface area (Å²) < 4.78 is 22.1. The second kappa shape index (κ2) is 3.18. The summed E-state index contributed by atoms with van der Waals surface area (Å²) in [6.07, 6.45) is 1.15. The molecule has 0 aliphatic rings. The Balaban J connectivity index is 3.16. The van der Waals surface area contributed by atoms with Gasteiger partial charge in [0.1, 0.15) is 0 Å². The van der Waals surface area contributed by atoms with Crippen LogP contribution in [0.1, 0.15) is 5.56 Å². The van der Waals surface area contributed by atoms with Gasteiger partial charge in [-0.3, -0.25) is 11.1 Å². The molecule has 0 heterocycles. The normalized spacial score (nSPS) is 11.2. The van der Waals surface area contributed by atoms with E-state index in [0.717, 1.165) is 6.26 Å². The van der Waals surface area contributed by atoms with E-state index in [9.17, 15) is 8.42 Å². The van der Waals surface area contributed by atoms with Crippen LogP contribution in [-0.4, -0.2) is 20.5 Å². The Hall–Kier alpha value is -1.36. The molecule has 4 nitrogen and oxygen atoms in total. The summed E-state index contributed by atoms with van der Waals surface area (Å²) in [4.78, 5) is 0.262. The van der Waals surface area contributed by atoms with Gasteiger partial charge in [0.2, 0.25) is 0 Å². The number of nitrogens with two attached hydrogens (primary N) is 2. The quantitative estimate of drug-likeness (QED) is 0.451. The lowest BCUT2D eigenvalue weighted by atomic mass is 10.2. The van der Waals surface area contributed by atoms with Gasteiger partial charge in [-0.25, -0.2) is 8.42 Å². The highest BCUT2D eigenvalue weighted by Crippen LogP contribution is 2.08. The molecule has 1 rings (SSSR count). The minimum absolute atomic E-state index is 0.181. The highest BCUT2D eigenvalue weighted by atomic mass is 32.2. The van der Waals surface area contributed by atoms with E-state index < -0.39 is 9.84 Å². The maximum absolute atomic E-state index is 11.0. The zero-order valence-electron chi connectivity index (χ0n) is 7.19. The number of sulfone groups is 1. The van der Waals surface area contributed by atoms with Gasteiger partial charge in [0.15, 0.2) is 9.84 Å². The van der Waals surface area contributed by atoms with Gasteiger partial charge < -0.3 is 0 Å². The Labute approximate surface area is 76.8 Å². The summed E-state index contributed by atoms with van der Waals surface area (Å²) in [5, 5.41) is 5.32. The molecule has 0 bridgehead atoms. The number of hydrogen-bond donors (Lipinski definition) is 2. The van der Waals surface area contributed by atoms with E-state index in [1.165, 1.54) is 12.1 Å². The Kier molecular flexibility index (Phi) is 2.38. The van der Waals surface area contributed by atoms with Crippen molar-refractivity contribution in [3.05, 3.63) is 29.8 Å². The van der Waals surface area contributed by atoms with Gasteiger partial charge >= 0.3 is 0 Å². The van der Waals surface area contributed by atoms with Crippen molar-refractivity contribution in [1.82, 2.24) is 0 Å². The fraction of sp³-hybridized carbons (Fsp3) is 0.125. The zero-order valence-corrected chi connectivity index (χ0v) is 8.01. The molecule has 70 valence electrons. The van der Waals surface area contributed by atoms with E-state index in [2.05, 4.69) is 0 Å². The molecule has 1 aromatic rings. The van der Waals surface area contributed by atoms with Crippen molar-refractivity contribution in [3.63, 3.8) is 0 Å². The van der Waals surface area contributed by atoms with E-state index in [0.29, 0.717) is 5.56 Å². The molecular weight excluding hydrogens is 188 g/mol. The van der Waals surface area contributed by atoms with Crippen molar-refractivity contribution in [3.8, 4) is 0 Å². The molecule has 1 aromatic carbocycles. The average molecular weight is 199 g/mol. The molecule has 0 saturated heterocycles. The molecule has 13 heavy (non-hydrogen) atoms. The molecule has 0 aromatic heterocycles. The Morgan fingerprint density at radius 3 is 2.08 bits per heavy atom. The van der Waals surface area contributed by atoms with Crippen LogP contribution in [0.25, 0.3) is 0 Å². The number of benzene rings is 1. The fourth-order valence-corrected chi connectivity index (χ4v) is 1.53. The van der Waals surface area contributed by atoms with Crippen molar-refractivity contribution in [1.29, 1.82) is 0 Å². The van der Waals surface area contributed by atoms with Gasteiger partial charge in [-0.05, 0) is 24.3 Å². The fourth-order valence-electron chi connectivity index (χ4n) is 0.895. The van der Waals surface area contributed by atoms with Crippen LogP contribution in [0.5, 0.6) is 0 Å². The maximum atomic E-state index is 11.0. The first-order valence-electron chi connectivity index (χ1n) is 3.59. The van der Waals surface area contributed by atoms with Crippen LogP contribution in [0.15, 0.2) is 29.2 Å². The summed E-state index contributed by atoms with van der Waals surface area (Å²) in [6.45, 7) is 0. The molecule has 5 heteroatoms. The lowest BCUT2D eigenvalue weighted by Crippen LogP contribution is -2.46. The SMILES string of the molecule is CS(=O)(=O)c1ccc(C(N)=[NH2+])cc1. The summed E-state index contributed by atoms with van der Waals surface area (Å²) in [5.41, 5.74) is 5.95. The molecule has 0 amide bonds. The monoisotopic (exact) mass is 199 g/mol. The molecule has 0 aliphatic heterocycles. The van der Waals surface area contributed by atoms with Crippen LogP contribution in [0.2, 0.25) is 0 Å². The van der Waals surface area contributed by atoms with Crippen LogP contribution in [0.3, 0.4) is 0 Å². The second-order valence-electron chi connectivity index (χ2n) is 2.75. The van der Waals surface area contributed by atoms with Gasteiger partial charge in [0, 0.05) is 6.26 Å². The van der Waals surface area contributed by atoms with Crippen molar-refractivity contribution >= 4 is 15.7 Å². The minimum atomic E-state index is -3.14. The predicted octanol–water partition coefficient (Wildman–Crippen LogP) is -1.45. The van der Waals surface area contributed by atoms with Crippen molar-refractivity contribution in [2.45, 2.75) is 4.90 Å². The topological polar surface area (TPSA) is 85.8 Å². The molecule has 0 atom stereocenters. The van der Waals surface area contributed by atoms with Crippen LogP contribution in [0, 0.1) is 0 Å². The van der Waals surface area contributed by atoms with Crippen LogP contribution in [-0.2, 0) is 9.84 Å². The third kappa shape index (κ3) is 2.29.